The molecule has 1 unspecified atom stereocenters. The van der Waals surface area contributed by atoms with E-state index in [1.165, 1.54) is 11.5 Å². The molecule has 116 valence electrons. The van der Waals surface area contributed by atoms with E-state index in [4.69, 9.17) is 9.47 Å². The summed E-state index contributed by atoms with van der Waals surface area (Å²) in [5.41, 5.74) is -0.475. The van der Waals surface area contributed by atoms with Crippen LogP contribution in [0.15, 0.2) is 17.1 Å². The second-order valence-corrected chi connectivity index (χ2v) is 5.22. The predicted molar refractivity (Wildman–Crippen MR) is 77.0 cm³/mol. The lowest BCUT2D eigenvalue weighted by atomic mass is 9.98. The molecule has 2 rings (SSSR count). The molecule has 1 fully saturated rings. The van der Waals surface area contributed by atoms with Crippen molar-refractivity contribution in [3.05, 3.63) is 22.7 Å². The van der Waals surface area contributed by atoms with Gasteiger partial charge in [0.15, 0.2) is 6.23 Å². The van der Waals surface area contributed by atoms with E-state index in [1.807, 2.05) is 13.8 Å². The van der Waals surface area contributed by atoms with Gasteiger partial charge in [-0.2, -0.15) is 4.98 Å². The summed E-state index contributed by atoms with van der Waals surface area (Å²) in [6, 6.07) is 1.57. The number of anilines is 1. The van der Waals surface area contributed by atoms with Crippen LogP contribution >= 0.6 is 0 Å². The Labute approximate surface area is 123 Å². The maximum atomic E-state index is 12.1. The standard InChI is InChI=1S/C14H21N3O4/c1-5-10-8(2)12(20-4)13(21-10)17-7-6-11(15-9(3)18)16-14(17)19/h6-8,10,12-13H,5H2,1-4H3,(H,15,16,18,19)/t8?,10-,12+,13-/m1/s1. The third kappa shape index (κ3) is 3.14. The number of rotatable bonds is 4. The fourth-order valence-electron chi connectivity index (χ4n) is 2.73. The van der Waals surface area contributed by atoms with Crippen molar-refractivity contribution in [2.45, 2.75) is 45.6 Å². The van der Waals surface area contributed by atoms with Crippen LogP contribution in [0.25, 0.3) is 0 Å². The van der Waals surface area contributed by atoms with E-state index in [0.29, 0.717) is 0 Å². The molecule has 1 aliphatic heterocycles. The van der Waals surface area contributed by atoms with E-state index in [-0.39, 0.29) is 29.9 Å². The summed E-state index contributed by atoms with van der Waals surface area (Å²) in [6.07, 6.45) is 1.76. The van der Waals surface area contributed by atoms with Crippen molar-refractivity contribution in [3.8, 4) is 0 Å². The maximum absolute atomic E-state index is 12.1. The summed E-state index contributed by atoms with van der Waals surface area (Å²) in [6.45, 7) is 5.45. The number of amides is 1. The largest absolute Gasteiger partial charge is 0.376 e. The topological polar surface area (TPSA) is 82.5 Å². The molecule has 0 radical (unpaired) electrons. The van der Waals surface area contributed by atoms with E-state index >= 15 is 0 Å². The summed E-state index contributed by atoms with van der Waals surface area (Å²) >= 11 is 0. The highest BCUT2D eigenvalue weighted by Crippen LogP contribution is 2.36. The fraction of sp³-hybridized carbons (Fsp3) is 0.643. The lowest BCUT2D eigenvalue weighted by Crippen LogP contribution is -2.34. The normalized spacial score (nSPS) is 28.6. The average molecular weight is 295 g/mol. The van der Waals surface area contributed by atoms with E-state index in [2.05, 4.69) is 10.3 Å². The molecule has 21 heavy (non-hydrogen) atoms. The average Bonchev–Trinajstić information content (AvgIpc) is 2.74. The molecule has 1 amide bonds. The van der Waals surface area contributed by atoms with Crippen LogP contribution in [0, 0.1) is 5.92 Å². The molecule has 1 aromatic heterocycles. The van der Waals surface area contributed by atoms with E-state index in [1.54, 1.807) is 19.4 Å². The van der Waals surface area contributed by atoms with Crippen molar-refractivity contribution in [1.82, 2.24) is 9.55 Å². The third-order valence-corrected chi connectivity index (χ3v) is 3.78. The summed E-state index contributed by atoms with van der Waals surface area (Å²) in [4.78, 5) is 27.0. The van der Waals surface area contributed by atoms with Gasteiger partial charge in [-0.3, -0.25) is 9.36 Å². The van der Waals surface area contributed by atoms with Gasteiger partial charge in [0.25, 0.3) is 0 Å². The molecule has 7 nitrogen and oxygen atoms in total. The summed E-state index contributed by atoms with van der Waals surface area (Å²) in [7, 11) is 1.61. The molecule has 1 saturated heterocycles. The van der Waals surface area contributed by atoms with Crippen molar-refractivity contribution in [2.24, 2.45) is 5.92 Å². The summed E-state index contributed by atoms with van der Waals surface area (Å²) in [5.74, 6) is 0.147. The Bertz CT molecular complexity index is 572. The first-order valence-electron chi connectivity index (χ1n) is 7.03. The predicted octanol–water partition coefficient (Wildman–Crippen LogP) is 1.16. The molecule has 0 spiro atoms. The Morgan fingerprint density at radius 1 is 1.57 bits per heavy atom. The van der Waals surface area contributed by atoms with Gasteiger partial charge in [0.1, 0.15) is 11.9 Å². The molecule has 0 aromatic carbocycles. The second kappa shape index (κ2) is 6.36. The van der Waals surface area contributed by atoms with Crippen molar-refractivity contribution >= 4 is 11.7 Å². The number of aromatic nitrogens is 2. The highest BCUT2D eigenvalue weighted by Gasteiger charge is 2.42. The van der Waals surface area contributed by atoms with Crippen molar-refractivity contribution in [1.29, 1.82) is 0 Å². The minimum Gasteiger partial charge on any atom is -0.376 e. The molecule has 1 N–H and O–H groups in total. The minimum absolute atomic E-state index is 0.0434. The van der Waals surface area contributed by atoms with Crippen LogP contribution in [0.2, 0.25) is 0 Å². The van der Waals surface area contributed by atoms with Crippen LogP contribution in [0.3, 0.4) is 0 Å². The minimum atomic E-state index is -0.499. The Morgan fingerprint density at radius 2 is 2.29 bits per heavy atom. The molecule has 7 heteroatoms. The number of hydrogen-bond donors (Lipinski definition) is 1. The Balaban J connectivity index is 2.29. The number of nitrogens with one attached hydrogen (secondary N) is 1. The van der Waals surface area contributed by atoms with Crippen LogP contribution in [0.5, 0.6) is 0 Å². The zero-order valence-electron chi connectivity index (χ0n) is 12.7. The summed E-state index contributed by atoms with van der Waals surface area (Å²) in [5, 5.41) is 2.48. The van der Waals surface area contributed by atoms with Gasteiger partial charge >= 0.3 is 5.69 Å². The molecule has 4 atom stereocenters. The molecule has 1 aliphatic rings. The molecule has 2 heterocycles. The number of carbonyl (C=O) groups is 1. The van der Waals surface area contributed by atoms with Crippen LogP contribution in [-0.2, 0) is 14.3 Å². The van der Waals surface area contributed by atoms with E-state index in [0.717, 1.165) is 6.42 Å². The Hall–Kier alpha value is -1.73. The number of methoxy groups -OCH3 is 1. The number of nitrogens with zero attached hydrogens (tertiary/aromatic N) is 2. The second-order valence-electron chi connectivity index (χ2n) is 5.22. The van der Waals surface area contributed by atoms with Gasteiger partial charge in [-0.15, -0.1) is 0 Å². The molecule has 0 bridgehead atoms. The zero-order chi connectivity index (χ0) is 15.6. The van der Waals surface area contributed by atoms with Gasteiger partial charge in [0, 0.05) is 26.1 Å². The van der Waals surface area contributed by atoms with Crippen LogP contribution in [-0.4, -0.2) is 34.8 Å². The van der Waals surface area contributed by atoms with Crippen LogP contribution < -0.4 is 11.0 Å². The van der Waals surface area contributed by atoms with Crippen LogP contribution in [0.1, 0.15) is 33.4 Å². The number of hydrogen-bond acceptors (Lipinski definition) is 5. The van der Waals surface area contributed by atoms with Gasteiger partial charge < -0.3 is 14.8 Å². The van der Waals surface area contributed by atoms with E-state index in [9.17, 15) is 9.59 Å². The molecule has 0 aliphatic carbocycles. The molecular weight excluding hydrogens is 274 g/mol. The van der Waals surface area contributed by atoms with Gasteiger partial charge in [-0.25, -0.2) is 4.79 Å². The SMILES string of the molecule is CC[C@H]1O[C@@H](n2ccc(NC(C)=O)nc2=O)[C@@H](OC)C1C. The quantitative estimate of drug-likeness (QED) is 0.901. The number of ether oxygens (including phenoxy) is 2. The van der Waals surface area contributed by atoms with E-state index < -0.39 is 11.9 Å². The monoisotopic (exact) mass is 295 g/mol. The highest BCUT2D eigenvalue weighted by molar-refractivity contribution is 5.87. The van der Waals surface area contributed by atoms with Crippen LogP contribution in [0.4, 0.5) is 5.82 Å². The van der Waals surface area contributed by atoms with Gasteiger partial charge in [0.05, 0.1) is 6.10 Å². The lowest BCUT2D eigenvalue weighted by Gasteiger charge is -2.21. The van der Waals surface area contributed by atoms with Crippen molar-refractivity contribution < 1.29 is 14.3 Å². The lowest BCUT2D eigenvalue weighted by molar-refractivity contribution is -0.114. The zero-order valence-corrected chi connectivity index (χ0v) is 12.7. The molecular formula is C14H21N3O4. The number of carbonyl (C=O) groups excluding carboxylic acids is 1. The Kier molecular flexibility index (Phi) is 4.74. The van der Waals surface area contributed by atoms with Crippen molar-refractivity contribution in [2.75, 3.05) is 12.4 Å². The Morgan fingerprint density at radius 3 is 2.81 bits per heavy atom. The van der Waals surface area contributed by atoms with Crippen molar-refractivity contribution in [3.63, 3.8) is 0 Å². The summed E-state index contributed by atoms with van der Waals surface area (Å²) < 4.78 is 12.8. The maximum Gasteiger partial charge on any atom is 0.351 e. The third-order valence-electron chi connectivity index (χ3n) is 3.78. The molecule has 1 aromatic rings. The van der Waals surface area contributed by atoms with Gasteiger partial charge in [-0.05, 0) is 12.5 Å². The fourth-order valence-corrected chi connectivity index (χ4v) is 2.73. The van der Waals surface area contributed by atoms with Gasteiger partial charge in [0.2, 0.25) is 5.91 Å². The smallest absolute Gasteiger partial charge is 0.351 e. The first-order chi connectivity index (χ1) is 9.97. The van der Waals surface area contributed by atoms with Gasteiger partial charge in [-0.1, -0.05) is 13.8 Å². The molecule has 0 saturated carbocycles. The first kappa shape index (κ1) is 15.7. The first-order valence-corrected chi connectivity index (χ1v) is 7.03. The highest BCUT2D eigenvalue weighted by atomic mass is 16.6.